The number of aryl methyl sites for hydroxylation is 1. The number of anilines is 1. The van der Waals surface area contributed by atoms with Gasteiger partial charge in [0.2, 0.25) is 0 Å². The quantitative estimate of drug-likeness (QED) is 0.704. The van der Waals surface area contributed by atoms with Crippen LogP contribution in [0.4, 0.5) is 5.69 Å². The van der Waals surface area contributed by atoms with Gasteiger partial charge < -0.3 is 10.3 Å². The molecule has 0 aliphatic rings. The van der Waals surface area contributed by atoms with E-state index < -0.39 is 0 Å². The van der Waals surface area contributed by atoms with E-state index in [1.165, 1.54) is 22.0 Å². The summed E-state index contributed by atoms with van der Waals surface area (Å²) in [5.41, 5.74) is 10.6. The molecule has 0 bridgehead atoms. The van der Waals surface area contributed by atoms with Gasteiger partial charge in [0.1, 0.15) is 0 Å². The molecule has 3 rings (SSSR count). The lowest BCUT2D eigenvalue weighted by atomic mass is 10.1. The maximum Gasteiger partial charge on any atom is 0.0484 e. The second-order valence-corrected chi connectivity index (χ2v) is 4.93. The SMILES string of the molecule is CCc1ccc(Cn2ccc3cc(N)ccc32)cc1. The Labute approximate surface area is 113 Å². The van der Waals surface area contributed by atoms with Gasteiger partial charge in [-0.2, -0.15) is 0 Å². The van der Waals surface area contributed by atoms with Crippen molar-refractivity contribution in [2.75, 3.05) is 5.73 Å². The Bertz CT molecular complexity index is 693. The molecule has 0 radical (unpaired) electrons. The molecule has 3 aromatic rings. The lowest BCUT2D eigenvalue weighted by Crippen LogP contribution is -1.98. The summed E-state index contributed by atoms with van der Waals surface area (Å²) in [6.07, 6.45) is 3.21. The topological polar surface area (TPSA) is 30.9 Å². The van der Waals surface area contributed by atoms with Crippen LogP contribution in [0.25, 0.3) is 10.9 Å². The van der Waals surface area contributed by atoms with E-state index in [4.69, 9.17) is 5.73 Å². The zero-order valence-electron chi connectivity index (χ0n) is 11.1. The molecule has 0 saturated carbocycles. The van der Waals surface area contributed by atoms with Crippen molar-refractivity contribution in [1.82, 2.24) is 4.57 Å². The molecule has 0 fully saturated rings. The van der Waals surface area contributed by atoms with Crippen LogP contribution in [0, 0.1) is 0 Å². The number of nitrogens with two attached hydrogens (primary N) is 1. The largest absolute Gasteiger partial charge is 0.399 e. The Morgan fingerprint density at radius 1 is 0.947 bits per heavy atom. The summed E-state index contributed by atoms with van der Waals surface area (Å²) < 4.78 is 2.26. The van der Waals surface area contributed by atoms with Crippen LogP contribution in [0.3, 0.4) is 0 Å². The van der Waals surface area contributed by atoms with Gasteiger partial charge in [0, 0.05) is 29.3 Å². The van der Waals surface area contributed by atoms with E-state index in [0.717, 1.165) is 18.7 Å². The molecule has 1 heterocycles. The molecule has 2 heteroatoms. The molecule has 2 nitrogen and oxygen atoms in total. The molecule has 2 aromatic carbocycles. The highest BCUT2D eigenvalue weighted by Crippen LogP contribution is 2.20. The zero-order valence-corrected chi connectivity index (χ0v) is 11.1. The van der Waals surface area contributed by atoms with E-state index in [9.17, 15) is 0 Å². The molecular weight excluding hydrogens is 232 g/mol. The van der Waals surface area contributed by atoms with Crippen LogP contribution in [0.15, 0.2) is 54.7 Å². The van der Waals surface area contributed by atoms with E-state index in [0.29, 0.717) is 0 Å². The van der Waals surface area contributed by atoms with Crippen molar-refractivity contribution in [2.45, 2.75) is 19.9 Å². The zero-order chi connectivity index (χ0) is 13.2. The summed E-state index contributed by atoms with van der Waals surface area (Å²) in [4.78, 5) is 0. The van der Waals surface area contributed by atoms with Crippen molar-refractivity contribution < 1.29 is 0 Å². The molecule has 0 unspecified atom stereocenters. The smallest absolute Gasteiger partial charge is 0.0484 e. The Hall–Kier alpha value is -2.22. The summed E-state index contributed by atoms with van der Waals surface area (Å²) >= 11 is 0. The number of benzene rings is 2. The molecule has 0 atom stereocenters. The van der Waals surface area contributed by atoms with Crippen molar-refractivity contribution in [2.24, 2.45) is 0 Å². The number of aromatic nitrogens is 1. The first kappa shape index (κ1) is 11.8. The van der Waals surface area contributed by atoms with Gasteiger partial charge in [-0.05, 0) is 41.8 Å². The molecule has 2 N–H and O–H groups in total. The van der Waals surface area contributed by atoms with E-state index >= 15 is 0 Å². The van der Waals surface area contributed by atoms with Gasteiger partial charge >= 0.3 is 0 Å². The minimum absolute atomic E-state index is 0.817. The fourth-order valence-corrected chi connectivity index (χ4v) is 2.43. The normalized spacial score (nSPS) is 11.0. The maximum absolute atomic E-state index is 5.81. The summed E-state index contributed by atoms with van der Waals surface area (Å²) in [6, 6.07) is 17.0. The minimum atomic E-state index is 0.817. The number of hydrogen-bond acceptors (Lipinski definition) is 1. The predicted molar refractivity (Wildman–Crippen MR) is 81.3 cm³/mol. The van der Waals surface area contributed by atoms with Crippen LogP contribution in [-0.2, 0) is 13.0 Å². The molecule has 1 aromatic heterocycles. The van der Waals surface area contributed by atoms with E-state index in [1.807, 2.05) is 12.1 Å². The molecule has 0 aliphatic carbocycles. The minimum Gasteiger partial charge on any atom is -0.399 e. The predicted octanol–water partition coefficient (Wildman–Crippen LogP) is 3.83. The lowest BCUT2D eigenvalue weighted by Gasteiger charge is -2.07. The summed E-state index contributed by atoms with van der Waals surface area (Å²) in [6.45, 7) is 3.08. The van der Waals surface area contributed by atoms with E-state index in [-0.39, 0.29) is 0 Å². The number of nitrogen functional groups attached to an aromatic ring is 1. The number of hydrogen-bond donors (Lipinski definition) is 1. The van der Waals surface area contributed by atoms with Gasteiger partial charge in [-0.1, -0.05) is 31.2 Å². The molecule has 0 saturated heterocycles. The third-order valence-corrected chi connectivity index (χ3v) is 3.58. The van der Waals surface area contributed by atoms with Crippen molar-refractivity contribution in [3.05, 3.63) is 65.9 Å². The lowest BCUT2D eigenvalue weighted by molar-refractivity contribution is 0.836. The Morgan fingerprint density at radius 2 is 1.68 bits per heavy atom. The summed E-state index contributed by atoms with van der Waals surface area (Å²) in [5, 5.41) is 1.20. The molecule has 0 amide bonds. The van der Waals surface area contributed by atoms with Gasteiger partial charge in [0.25, 0.3) is 0 Å². The first-order chi connectivity index (χ1) is 9.26. The molecule has 0 aliphatic heterocycles. The third kappa shape index (κ3) is 2.34. The first-order valence-electron chi connectivity index (χ1n) is 6.68. The van der Waals surface area contributed by atoms with Gasteiger partial charge in [-0.25, -0.2) is 0 Å². The number of nitrogens with zero attached hydrogens (tertiary/aromatic N) is 1. The Balaban J connectivity index is 1.92. The Kier molecular flexibility index (Phi) is 3.00. The molecule has 19 heavy (non-hydrogen) atoms. The number of rotatable bonds is 3. The molecule has 0 spiro atoms. The Morgan fingerprint density at radius 3 is 2.42 bits per heavy atom. The standard InChI is InChI=1S/C17H18N2/c1-2-13-3-5-14(6-4-13)12-19-10-9-15-11-16(18)7-8-17(15)19/h3-11H,2,12,18H2,1H3. The monoisotopic (exact) mass is 250 g/mol. The van der Waals surface area contributed by atoms with Crippen LogP contribution in [-0.4, -0.2) is 4.57 Å². The second-order valence-electron chi connectivity index (χ2n) is 4.93. The van der Waals surface area contributed by atoms with Gasteiger partial charge in [-0.3, -0.25) is 0 Å². The van der Waals surface area contributed by atoms with Crippen molar-refractivity contribution in [3.8, 4) is 0 Å². The van der Waals surface area contributed by atoms with Gasteiger partial charge in [0.05, 0.1) is 0 Å². The highest BCUT2D eigenvalue weighted by atomic mass is 14.9. The number of fused-ring (bicyclic) bond motifs is 1. The highest BCUT2D eigenvalue weighted by Gasteiger charge is 2.02. The van der Waals surface area contributed by atoms with Crippen molar-refractivity contribution >= 4 is 16.6 Å². The summed E-state index contributed by atoms with van der Waals surface area (Å²) in [7, 11) is 0. The molecular formula is C17H18N2. The first-order valence-corrected chi connectivity index (χ1v) is 6.68. The maximum atomic E-state index is 5.81. The highest BCUT2D eigenvalue weighted by molar-refractivity contribution is 5.83. The fourth-order valence-electron chi connectivity index (χ4n) is 2.43. The van der Waals surface area contributed by atoms with E-state index in [1.54, 1.807) is 0 Å². The van der Waals surface area contributed by atoms with Crippen LogP contribution >= 0.6 is 0 Å². The van der Waals surface area contributed by atoms with Crippen molar-refractivity contribution in [3.63, 3.8) is 0 Å². The van der Waals surface area contributed by atoms with E-state index in [2.05, 4.69) is 54.1 Å². The van der Waals surface area contributed by atoms with Crippen LogP contribution in [0.5, 0.6) is 0 Å². The van der Waals surface area contributed by atoms with Crippen LogP contribution in [0.1, 0.15) is 18.1 Å². The average molecular weight is 250 g/mol. The van der Waals surface area contributed by atoms with Crippen molar-refractivity contribution in [1.29, 1.82) is 0 Å². The van der Waals surface area contributed by atoms with Crippen LogP contribution in [0.2, 0.25) is 0 Å². The fraction of sp³-hybridized carbons (Fsp3) is 0.176. The van der Waals surface area contributed by atoms with Gasteiger partial charge in [0.15, 0.2) is 0 Å². The van der Waals surface area contributed by atoms with Gasteiger partial charge in [-0.15, -0.1) is 0 Å². The third-order valence-electron chi connectivity index (χ3n) is 3.58. The molecule has 96 valence electrons. The second kappa shape index (κ2) is 4.81. The summed E-state index contributed by atoms with van der Waals surface area (Å²) in [5.74, 6) is 0. The van der Waals surface area contributed by atoms with Crippen LogP contribution < -0.4 is 5.73 Å². The average Bonchev–Trinajstić information content (AvgIpc) is 2.82.